The van der Waals surface area contributed by atoms with Crippen LogP contribution in [0, 0.1) is 0 Å². The molecule has 1 saturated heterocycles. The maximum Gasteiger partial charge on any atom is 0.337 e. The van der Waals surface area contributed by atoms with Crippen LogP contribution in [0.3, 0.4) is 0 Å². The van der Waals surface area contributed by atoms with Crippen molar-refractivity contribution in [3.8, 4) is 11.5 Å². The van der Waals surface area contributed by atoms with Crippen LogP contribution in [0.2, 0.25) is 0 Å². The van der Waals surface area contributed by atoms with Gasteiger partial charge in [0, 0.05) is 7.05 Å². The number of carbonyl (C=O) groups excluding carboxylic acids is 2. The Bertz CT molecular complexity index is 983. The van der Waals surface area contributed by atoms with E-state index >= 15 is 0 Å². The highest BCUT2D eigenvalue weighted by Crippen LogP contribution is 2.34. The zero-order chi connectivity index (χ0) is 20.3. The van der Waals surface area contributed by atoms with Gasteiger partial charge in [0.05, 0.1) is 30.4 Å². The molecular weight excluding hydrogens is 380 g/mol. The number of esters is 1. The summed E-state index contributed by atoms with van der Waals surface area (Å²) < 4.78 is 9.69. The van der Waals surface area contributed by atoms with E-state index in [4.69, 9.17) is 4.74 Å². The van der Waals surface area contributed by atoms with Gasteiger partial charge in [-0.15, -0.1) is 0 Å². The van der Waals surface area contributed by atoms with Crippen LogP contribution < -0.4 is 4.74 Å². The number of aromatic hydroxyl groups is 1. The van der Waals surface area contributed by atoms with E-state index in [1.54, 1.807) is 49.5 Å². The third-order valence-electron chi connectivity index (χ3n) is 4.02. The van der Waals surface area contributed by atoms with Crippen molar-refractivity contribution in [3.63, 3.8) is 0 Å². The van der Waals surface area contributed by atoms with Crippen LogP contribution in [0.5, 0.6) is 11.5 Å². The summed E-state index contributed by atoms with van der Waals surface area (Å²) in [5.41, 5.74) is 1.71. The van der Waals surface area contributed by atoms with Gasteiger partial charge in [0.25, 0.3) is 5.91 Å². The number of amidine groups is 1. The van der Waals surface area contributed by atoms with Crippen LogP contribution in [-0.2, 0) is 9.53 Å². The summed E-state index contributed by atoms with van der Waals surface area (Å²) in [6, 6.07) is 11.5. The Kier molecular flexibility index (Phi) is 5.70. The maximum absolute atomic E-state index is 12.5. The van der Waals surface area contributed by atoms with Crippen molar-refractivity contribution in [1.82, 2.24) is 4.90 Å². The first-order valence-corrected chi connectivity index (χ1v) is 9.06. The number of hydrogen-bond acceptors (Lipinski definition) is 7. The Morgan fingerprint density at radius 2 is 1.89 bits per heavy atom. The second-order valence-corrected chi connectivity index (χ2v) is 6.85. The maximum atomic E-state index is 12.5. The Labute approximate surface area is 166 Å². The average Bonchev–Trinajstić information content (AvgIpc) is 2.96. The highest BCUT2D eigenvalue weighted by molar-refractivity contribution is 8.18. The molecule has 0 saturated carbocycles. The van der Waals surface area contributed by atoms with E-state index in [-0.39, 0.29) is 11.7 Å². The number of methoxy groups -OCH3 is 2. The first-order valence-electron chi connectivity index (χ1n) is 8.24. The van der Waals surface area contributed by atoms with Crippen molar-refractivity contribution < 1.29 is 24.2 Å². The fraction of sp³-hybridized carbons (Fsp3) is 0.150. The molecule has 0 aromatic heterocycles. The summed E-state index contributed by atoms with van der Waals surface area (Å²) in [6.45, 7) is 0. The van der Waals surface area contributed by atoms with Gasteiger partial charge in [-0.3, -0.25) is 9.69 Å². The van der Waals surface area contributed by atoms with Crippen molar-refractivity contribution in [2.45, 2.75) is 0 Å². The fourth-order valence-electron chi connectivity index (χ4n) is 2.50. The number of rotatable bonds is 4. The summed E-state index contributed by atoms with van der Waals surface area (Å²) in [4.78, 5) is 30.4. The number of benzene rings is 2. The van der Waals surface area contributed by atoms with E-state index in [0.717, 1.165) is 0 Å². The highest BCUT2D eigenvalue weighted by Gasteiger charge is 2.30. The smallest absolute Gasteiger partial charge is 0.337 e. The normalized spacial score (nSPS) is 16.7. The van der Waals surface area contributed by atoms with Gasteiger partial charge in [-0.25, -0.2) is 9.79 Å². The molecule has 1 amide bonds. The molecule has 0 unspecified atom stereocenters. The van der Waals surface area contributed by atoms with E-state index < -0.39 is 5.97 Å². The quantitative estimate of drug-likeness (QED) is 0.627. The van der Waals surface area contributed by atoms with Gasteiger partial charge in [-0.05, 0) is 59.8 Å². The molecule has 0 atom stereocenters. The Balaban J connectivity index is 1.83. The Morgan fingerprint density at radius 1 is 1.18 bits per heavy atom. The third-order valence-corrected chi connectivity index (χ3v) is 5.08. The molecule has 8 heteroatoms. The van der Waals surface area contributed by atoms with Gasteiger partial charge in [-0.2, -0.15) is 0 Å². The van der Waals surface area contributed by atoms with Gasteiger partial charge in [0.15, 0.2) is 16.7 Å². The van der Waals surface area contributed by atoms with E-state index in [0.29, 0.717) is 32.6 Å². The van der Waals surface area contributed by atoms with E-state index in [1.165, 1.54) is 36.9 Å². The predicted molar refractivity (Wildman–Crippen MR) is 108 cm³/mol. The summed E-state index contributed by atoms with van der Waals surface area (Å²) in [5, 5.41) is 10.4. The zero-order valence-electron chi connectivity index (χ0n) is 15.5. The lowest BCUT2D eigenvalue weighted by Gasteiger charge is -2.07. The summed E-state index contributed by atoms with van der Waals surface area (Å²) in [6.07, 6.45) is 1.69. The zero-order valence-corrected chi connectivity index (χ0v) is 16.3. The van der Waals surface area contributed by atoms with E-state index in [9.17, 15) is 14.7 Å². The standard InChI is InChI=1S/C20H18N2O5S/c1-22-18(24)17(11-12-4-9-16(26-2)15(23)10-12)28-20(22)21-14-7-5-13(6-8-14)19(25)27-3/h4-11,23H,1-3H3/b17-11-,21-20?. The summed E-state index contributed by atoms with van der Waals surface area (Å²) >= 11 is 1.23. The Hall–Kier alpha value is -3.26. The van der Waals surface area contributed by atoms with Crippen molar-refractivity contribution >= 4 is 40.6 Å². The lowest BCUT2D eigenvalue weighted by atomic mass is 10.2. The molecule has 1 aliphatic heterocycles. The summed E-state index contributed by atoms with van der Waals surface area (Å²) in [5.74, 6) is -0.248. The van der Waals surface area contributed by atoms with Gasteiger partial charge >= 0.3 is 5.97 Å². The first-order chi connectivity index (χ1) is 13.4. The van der Waals surface area contributed by atoms with Gasteiger partial charge < -0.3 is 14.6 Å². The Morgan fingerprint density at radius 3 is 2.50 bits per heavy atom. The number of aliphatic imine (C=N–C) groups is 1. The van der Waals surface area contributed by atoms with Crippen LogP contribution in [0.15, 0.2) is 52.4 Å². The summed E-state index contributed by atoms with van der Waals surface area (Å²) in [7, 11) is 4.44. The number of carbonyl (C=O) groups is 2. The van der Waals surface area contributed by atoms with Crippen molar-refractivity contribution in [2.24, 2.45) is 4.99 Å². The SMILES string of the molecule is COC(=O)c1ccc(N=C2S/C(=C\c3ccc(OC)c(O)c3)C(=O)N2C)cc1. The van der Waals surface area contributed by atoms with Gasteiger partial charge in [0.2, 0.25) is 0 Å². The molecule has 2 aromatic rings. The number of phenolic OH excluding ortho intramolecular Hbond substituents is 1. The molecule has 0 bridgehead atoms. The van der Waals surface area contributed by atoms with Crippen LogP contribution >= 0.6 is 11.8 Å². The molecule has 28 heavy (non-hydrogen) atoms. The molecular formula is C20H18N2O5S. The molecule has 1 aliphatic rings. The number of amides is 1. The van der Waals surface area contributed by atoms with Crippen LogP contribution in [0.4, 0.5) is 5.69 Å². The lowest BCUT2D eigenvalue weighted by Crippen LogP contribution is -2.23. The van der Waals surface area contributed by atoms with Crippen LogP contribution in [0.25, 0.3) is 6.08 Å². The number of phenols is 1. The van der Waals surface area contributed by atoms with Crippen molar-refractivity contribution in [1.29, 1.82) is 0 Å². The second kappa shape index (κ2) is 8.18. The first kappa shape index (κ1) is 19.5. The molecule has 2 aromatic carbocycles. The molecule has 1 N–H and O–H groups in total. The minimum atomic E-state index is -0.422. The lowest BCUT2D eigenvalue weighted by molar-refractivity contribution is -0.121. The van der Waals surface area contributed by atoms with Gasteiger partial charge in [-0.1, -0.05) is 6.07 Å². The molecule has 7 nitrogen and oxygen atoms in total. The number of likely N-dealkylation sites (N-methyl/N-ethyl adjacent to an activating group) is 1. The molecule has 0 radical (unpaired) electrons. The monoisotopic (exact) mass is 398 g/mol. The molecule has 144 valence electrons. The van der Waals surface area contributed by atoms with Gasteiger partial charge in [0.1, 0.15) is 0 Å². The second-order valence-electron chi connectivity index (χ2n) is 5.84. The molecule has 1 heterocycles. The fourth-order valence-corrected chi connectivity index (χ4v) is 3.49. The topological polar surface area (TPSA) is 88.4 Å². The highest BCUT2D eigenvalue weighted by atomic mass is 32.2. The molecule has 3 rings (SSSR count). The predicted octanol–water partition coefficient (Wildman–Crippen LogP) is 3.42. The number of ether oxygens (including phenoxy) is 2. The molecule has 0 spiro atoms. The van der Waals surface area contributed by atoms with Crippen LogP contribution in [0.1, 0.15) is 15.9 Å². The van der Waals surface area contributed by atoms with Crippen molar-refractivity contribution in [2.75, 3.05) is 21.3 Å². The van der Waals surface area contributed by atoms with E-state index in [1.807, 2.05) is 0 Å². The van der Waals surface area contributed by atoms with E-state index in [2.05, 4.69) is 9.73 Å². The molecule has 1 fully saturated rings. The minimum absolute atomic E-state index is 0.000219. The number of hydrogen-bond donors (Lipinski definition) is 1. The van der Waals surface area contributed by atoms with Crippen molar-refractivity contribution in [3.05, 3.63) is 58.5 Å². The van der Waals surface area contributed by atoms with Crippen LogP contribution in [-0.4, -0.2) is 48.3 Å². The third kappa shape index (κ3) is 4.01. The largest absolute Gasteiger partial charge is 0.504 e. The minimum Gasteiger partial charge on any atom is -0.504 e. The number of nitrogens with zero attached hydrogens (tertiary/aromatic N) is 2. The number of thioether (sulfide) groups is 1. The molecule has 0 aliphatic carbocycles. The average molecular weight is 398 g/mol.